The number of Topliss-reactive ketones (excluding diaryl/α,β-unsaturated/α-hetero) is 1. The summed E-state index contributed by atoms with van der Waals surface area (Å²) in [5.74, 6) is 1.59. The summed E-state index contributed by atoms with van der Waals surface area (Å²) in [7, 11) is 0. The van der Waals surface area contributed by atoms with Gasteiger partial charge >= 0.3 is 0 Å². The van der Waals surface area contributed by atoms with E-state index >= 15 is 0 Å². The van der Waals surface area contributed by atoms with Crippen LogP contribution in [0, 0.1) is 0 Å². The highest BCUT2D eigenvalue weighted by atomic mass is 79.9. The molecule has 156 valence electrons. The van der Waals surface area contributed by atoms with Gasteiger partial charge in [-0.2, -0.15) is 0 Å². The molecule has 0 atom stereocenters. The highest BCUT2D eigenvalue weighted by Crippen LogP contribution is 2.42. The third-order valence-electron chi connectivity index (χ3n) is 5.48. The summed E-state index contributed by atoms with van der Waals surface area (Å²) in [5, 5.41) is 0.776. The number of halogens is 2. The standard InChI is InChI=1S/C25H19BrClNO3/c26-18-6-3-4-16(12-18)13-23-24(29)19-8-9-22-20(25(19)31-23)14-28(15-30-22)11-10-17-5-1-2-7-21(17)27/h1-9,12-13H,10-11,14-15H2/b23-13-. The second-order valence-electron chi connectivity index (χ2n) is 7.58. The van der Waals surface area contributed by atoms with Gasteiger partial charge < -0.3 is 9.47 Å². The minimum Gasteiger partial charge on any atom is -0.478 e. The lowest BCUT2D eigenvalue weighted by atomic mass is 10.0. The van der Waals surface area contributed by atoms with Crippen LogP contribution in [0.2, 0.25) is 5.02 Å². The molecule has 0 radical (unpaired) electrons. The lowest BCUT2D eigenvalue weighted by molar-refractivity contribution is 0.0950. The number of hydrogen-bond donors (Lipinski definition) is 0. The number of allylic oxidation sites excluding steroid dienone is 1. The SMILES string of the molecule is O=C1/C(=C/c2cccc(Br)c2)Oc2c1ccc1c2CN(CCc2ccccc2Cl)CO1. The van der Waals surface area contributed by atoms with Crippen LogP contribution in [0.4, 0.5) is 0 Å². The molecule has 0 spiro atoms. The molecule has 5 rings (SSSR count). The fourth-order valence-corrected chi connectivity index (χ4v) is 4.52. The van der Waals surface area contributed by atoms with Gasteiger partial charge in [-0.15, -0.1) is 0 Å². The van der Waals surface area contributed by atoms with Crippen molar-refractivity contribution in [3.05, 3.63) is 98.2 Å². The molecular formula is C25H19BrClNO3. The van der Waals surface area contributed by atoms with Gasteiger partial charge in [-0.05, 0) is 54.0 Å². The normalized spacial score (nSPS) is 16.6. The summed E-state index contributed by atoms with van der Waals surface area (Å²) in [6.07, 6.45) is 2.60. The Labute approximate surface area is 194 Å². The fourth-order valence-electron chi connectivity index (χ4n) is 3.88. The lowest BCUT2D eigenvalue weighted by Gasteiger charge is -2.29. The molecule has 0 saturated carbocycles. The molecule has 6 heteroatoms. The number of benzene rings is 3. The number of carbonyl (C=O) groups excluding carboxylic acids is 1. The molecule has 0 fully saturated rings. The minimum absolute atomic E-state index is 0.106. The molecule has 31 heavy (non-hydrogen) atoms. The largest absolute Gasteiger partial charge is 0.478 e. The average Bonchev–Trinajstić information content (AvgIpc) is 3.09. The number of rotatable bonds is 4. The highest BCUT2D eigenvalue weighted by Gasteiger charge is 2.33. The summed E-state index contributed by atoms with van der Waals surface area (Å²) >= 11 is 9.75. The van der Waals surface area contributed by atoms with Gasteiger partial charge in [-0.3, -0.25) is 9.69 Å². The molecule has 4 nitrogen and oxygen atoms in total. The van der Waals surface area contributed by atoms with E-state index in [0.29, 0.717) is 30.3 Å². The van der Waals surface area contributed by atoms with E-state index in [2.05, 4.69) is 20.8 Å². The predicted molar refractivity (Wildman–Crippen MR) is 125 cm³/mol. The highest BCUT2D eigenvalue weighted by molar-refractivity contribution is 9.10. The van der Waals surface area contributed by atoms with Crippen molar-refractivity contribution in [2.45, 2.75) is 13.0 Å². The molecule has 0 N–H and O–H groups in total. The van der Waals surface area contributed by atoms with E-state index in [0.717, 1.165) is 44.9 Å². The molecular weight excluding hydrogens is 478 g/mol. The fraction of sp³-hybridized carbons (Fsp3) is 0.160. The maximum atomic E-state index is 12.9. The number of ketones is 1. The van der Waals surface area contributed by atoms with Crippen LogP contribution in [0.15, 0.2) is 70.9 Å². The Morgan fingerprint density at radius 3 is 2.81 bits per heavy atom. The Morgan fingerprint density at radius 1 is 1.10 bits per heavy atom. The molecule has 2 heterocycles. The van der Waals surface area contributed by atoms with Crippen LogP contribution < -0.4 is 9.47 Å². The van der Waals surface area contributed by atoms with Crippen LogP contribution in [0.3, 0.4) is 0 Å². The first kappa shape index (κ1) is 20.3. The number of nitrogens with zero attached hydrogens (tertiary/aromatic N) is 1. The second-order valence-corrected chi connectivity index (χ2v) is 8.90. The summed E-state index contributed by atoms with van der Waals surface area (Å²) in [6.45, 7) is 1.94. The molecule has 0 aliphatic carbocycles. The molecule has 3 aromatic rings. The van der Waals surface area contributed by atoms with E-state index in [4.69, 9.17) is 21.1 Å². The molecule has 0 amide bonds. The lowest BCUT2D eigenvalue weighted by Crippen LogP contribution is -2.33. The first-order chi connectivity index (χ1) is 15.1. The topological polar surface area (TPSA) is 38.8 Å². The molecule has 0 saturated heterocycles. The summed E-state index contributed by atoms with van der Waals surface area (Å²) in [4.78, 5) is 15.1. The van der Waals surface area contributed by atoms with Crippen LogP contribution in [0.25, 0.3) is 6.08 Å². The van der Waals surface area contributed by atoms with Gasteiger partial charge in [0.2, 0.25) is 5.78 Å². The zero-order valence-electron chi connectivity index (χ0n) is 16.6. The number of carbonyl (C=O) groups is 1. The summed E-state index contributed by atoms with van der Waals surface area (Å²) < 4.78 is 13.0. The molecule has 0 aromatic heterocycles. The Kier molecular flexibility index (Phi) is 5.57. The minimum atomic E-state index is -0.106. The zero-order valence-corrected chi connectivity index (χ0v) is 18.9. The van der Waals surface area contributed by atoms with Gasteiger partial charge in [0.1, 0.15) is 18.2 Å². The Hall–Kier alpha value is -2.60. The second kappa shape index (κ2) is 8.50. The van der Waals surface area contributed by atoms with Crippen molar-refractivity contribution in [1.82, 2.24) is 4.90 Å². The quantitative estimate of drug-likeness (QED) is 0.408. The van der Waals surface area contributed by atoms with Gasteiger partial charge in [0.05, 0.1) is 11.1 Å². The third kappa shape index (κ3) is 4.13. The van der Waals surface area contributed by atoms with Crippen molar-refractivity contribution in [3.8, 4) is 11.5 Å². The van der Waals surface area contributed by atoms with Gasteiger partial charge in [0, 0.05) is 22.6 Å². The van der Waals surface area contributed by atoms with Crippen LogP contribution in [-0.2, 0) is 13.0 Å². The zero-order chi connectivity index (χ0) is 21.4. The Bertz CT molecular complexity index is 1210. The van der Waals surface area contributed by atoms with Crippen LogP contribution in [0.1, 0.15) is 27.0 Å². The van der Waals surface area contributed by atoms with Crippen LogP contribution >= 0.6 is 27.5 Å². The summed E-state index contributed by atoms with van der Waals surface area (Å²) in [6, 6.07) is 19.3. The molecule has 0 bridgehead atoms. The van der Waals surface area contributed by atoms with Gasteiger partial charge in [0.15, 0.2) is 5.76 Å². The average molecular weight is 497 g/mol. The van der Waals surface area contributed by atoms with Crippen LogP contribution in [-0.4, -0.2) is 24.0 Å². The smallest absolute Gasteiger partial charge is 0.231 e. The predicted octanol–water partition coefficient (Wildman–Crippen LogP) is 6.11. The van der Waals surface area contributed by atoms with E-state index < -0.39 is 0 Å². The molecule has 3 aromatic carbocycles. The number of hydrogen-bond acceptors (Lipinski definition) is 4. The molecule has 2 aliphatic heterocycles. The van der Waals surface area contributed by atoms with E-state index in [9.17, 15) is 4.79 Å². The maximum Gasteiger partial charge on any atom is 0.231 e. The van der Waals surface area contributed by atoms with Crippen molar-refractivity contribution < 1.29 is 14.3 Å². The van der Waals surface area contributed by atoms with Gasteiger partial charge in [-0.25, -0.2) is 0 Å². The summed E-state index contributed by atoms with van der Waals surface area (Å²) in [5.41, 5.74) is 3.50. The van der Waals surface area contributed by atoms with Crippen LogP contribution in [0.5, 0.6) is 11.5 Å². The Morgan fingerprint density at radius 2 is 1.97 bits per heavy atom. The van der Waals surface area contributed by atoms with Crippen molar-refractivity contribution in [2.75, 3.05) is 13.3 Å². The maximum absolute atomic E-state index is 12.9. The molecule has 0 unspecified atom stereocenters. The molecule has 2 aliphatic rings. The van der Waals surface area contributed by atoms with Crippen molar-refractivity contribution in [1.29, 1.82) is 0 Å². The van der Waals surface area contributed by atoms with E-state index in [1.54, 1.807) is 12.1 Å². The van der Waals surface area contributed by atoms with E-state index in [-0.39, 0.29) is 5.78 Å². The number of fused-ring (bicyclic) bond motifs is 3. The first-order valence-electron chi connectivity index (χ1n) is 10.0. The first-order valence-corrected chi connectivity index (χ1v) is 11.2. The number of ether oxygens (including phenoxy) is 2. The van der Waals surface area contributed by atoms with Crippen molar-refractivity contribution >= 4 is 39.4 Å². The van der Waals surface area contributed by atoms with E-state index in [1.165, 1.54) is 0 Å². The van der Waals surface area contributed by atoms with E-state index in [1.807, 2.05) is 54.6 Å². The van der Waals surface area contributed by atoms with Gasteiger partial charge in [-0.1, -0.05) is 57.9 Å². The van der Waals surface area contributed by atoms with Gasteiger partial charge in [0.25, 0.3) is 0 Å². The Balaban J connectivity index is 1.37. The van der Waals surface area contributed by atoms with Crippen molar-refractivity contribution in [3.63, 3.8) is 0 Å². The van der Waals surface area contributed by atoms with Crippen molar-refractivity contribution in [2.24, 2.45) is 0 Å². The third-order valence-corrected chi connectivity index (χ3v) is 6.35. The monoisotopic (exact) mass is 495 g/mol.